The number of nitrogens with one attached hydrogen (secondary N) is 2. The third kappa shape index (κ3) is 3.28. The number of anilines is 1. The van der Waals surface area contributed by atoms with E-state index in [9.17, 15) is 9.59 Å². The molecule has 0 saturated heterocycles. The molecule has 1 aromatic heterocycles. The molecule has 0 fully saturated rings. The molecule has 0 unspecified atom stereocenters. The summed E-state index contributed by atoms with van der Waals surface area (Å²) in [6, 6.07) is 5.22. The van der Waals surface area contributed by atoms with Crippen LogP contribution in [0.5, 0.6) is 0 Å². The Labute approximate surface area is 123 Å². The van der Waals surface area contributed by atoms with Crippen LogP contribution in [0, 0.1) is 6.92 Å². The van der Waals surface area contributed by atoms with Crippen LogP contribution in [0.1, 0.15) is 33.3 Å². The molecule has 0 bridgehead atoms. The SMILES string of the molecule is CCNC(=O)c1ccc(C)c(NC(=O)c2cncn2C)c1. The maximum Gasteiger partial charge on any atom is 0.273 e. The predicted octanol–water partition coefficient (Wildman–Crippen LogP) is 1.73. The molecule has 0 atom stereocenters. The number of aromatic nitrogens is 2. The molecule has 2 rings (SSSR count). The molecule has 1 heterocycles. The van der Waals surface area contributed by atoms with Crippen LogP contribution in [-0.2, 0) is 7.05 Å². The van der Waals surface area contributed by atoms with Crippen LogP contribution in [0.25, 0.3) is 0 Å². The molecule has 0 radical (unpaired) electrons. The second-order valence-electron chi connectivity index (χ2n) is 4.73. The van der Waals surface area contributed by atoms with E-state index in [1.807, 2.05) is 19.9 Å². The minimum absolute atomic E-state index is 0.159. The van der Waals surface area contributed by atoms with Crippen molar-refractivity contribution < 1.29 is 9.59 Å². The summed E-state index contributed by atoms with van der Waals surface area (Å²) in [5.74, 6) is -0.417. The number of hydrogen-bond donors (Lipinski definition) is 2. The molecule has 2 amide bonds. The quantitative estimate of drug-likeness (QED) is 0.898. The topological polar surface area (TPSA) is 76.0 Å². The molecular formula is C15H18N4O2. The van der Waals surface area contributed by atoms with Crippen LogP contribution < -0.4 is 10.6 Å². The van der Waals surface area contributed by atoms with E-state index in [1.54, 1.807) is 30.1 Å². The lowest BCUT2D eigenvalue weighted by Crippen LogP contribution is -2.23. The predicted molar refractivity (Wildman–Crippen MR) is 80.3 cm³/mol. The Kier molecular flexibility index (Phi) is 4.37. The van der Waals surface area contributed by atoms with E-state index in [4.69, 9.17) is 0 Å². The van der Waals surface area contributed by atoms with Crippen LogP contribution >= 0.6 is 0 Å². The number of carbonyl (C=O) groups excluding carboxylic acids is 2. The molecule has 6 nitrogen and oxygen atoms in total. The van der Waals surface area contributed by atoms with Gasteiger partial charge >= 0.3 is 0 Å². The van der Waals surface area contributed by atoms with Gasteiger partial charge in [0.1, 0.15) is 5.69 Å². The Morgan fingerprint density at radius 1 is 1.29 bits per heavy atom. The number of rotatable bonds is 4. The Morgan fingerprint density at radius 2 is 2.05 bits per heavy atom. The number of imidazole rings is 1. The molecule has 0 saturated carbocycles. The highest BCUT2D eigenvalue weighted by atomic mass is 16.2. The monoisotopic (exact) mass is 286 g/mol. The Hall–Kier alpha value is -2.63. The van der Waals surface area contributed by atoms with Gasteiger partial charge in [-0.3, -0.25) is 9.59 Å². The van der Waals surface area contributed by atoms with E-state index >= 15 is 0 Å². The van der Waals surface area contributed by atoms with Gasteiger partial charge in [-0.2, -0.15) is 0 Å². The van der Waals surface area contributed by atoms with Crippen LogP contribution in [0.3, 0.4) is 0 Å². The zero-order valence-corrected chi connectivity index (χ0v) is 12.3. The average molecular weight is 286 g/mol. The van der Waals surface area contributed by atoms with Crippen LogP contribution in [0.15, 0.2) is 30.7 Å². The number of hydrogen-bond acceptors (Lipinski definition) is 3. The average Bonchev–Trinajstić information content (AvgIpc) is 2.87. The van der Waals surface area contributed by atoms with Gasteiger partial charge < -0.3 is 15.2 Å². The van der Waals surface area contributed by atoms with Gasteiger partial charge in [0.15, 0.2) is 0 Å². The van der Waals surface area contributed by atoms with Crippen molar-refractivity contribution in [2.75, 3.05) is 11.9 Å². The van der Waals surface area contributed by atoms with Crippen molar-refractivity contribution in [2.45, 2.75) is 13.8 Å². The summed E-state index contributed by atoms with van der Waals surface area (Å²) in [6.07, 6.45) is 3.06. The second kappa shape index (κ2) is 6.21. The first kappa shape index (κ1) is 14.8. The van der Waals surface area contributed by atoms with Gasteiger partial charge in [0.2, 0.25) is 0 Å². The van der Waals surface area contributed by atoms with Crippen molar-refractivity contribution in [1.29, 1.82) is 0 Å². The van der Waals surface area contributed by atoms with E-state index in [0.717, 1.165) is 5.56 Å². The first-order valence-electron chi connectivity index (χ1n) is 6.69. The molecule has 0 aliphatic heterocycles. The van der Waals surface area contributed by atoms with Crippen LogP contribution in [0.2, 0.25) is 0 Å². The standard InChI is InChI=1S/C15H18N4O2/c1-4-17-14(20)11-6-5-10(2)12(7-11)18-15(21)13-8-16-9-19(13)3/h5-9H,4H2,1-3H3,(H,17,20)(H,18,21). The Morgan fingerprint density at radius 3 is 2.67 bits per heavy atom. The molecule has 21 heavy (non-hydrogen) atoms. The summed E-state index contributed by atoms with van der Waals surface area (Å²) in [5, 5.41) is 5.54. The van der Waals surface area contributed by atoms with Crippen molar-refractivity contribution in [3.8, 4) is 0 Å². The second-order valence-corrected chi connectivity index (χ2v) is 4.73. The van der Waals surface area contributed by atoms with Gasteiger partial charge in [-0.25, -0.2) is 4.98 Å². The highest BCUT2D eigenvalue weighted by Gasteiger charge is 2.13. The number of carbonyl (C=O) groups is 2. The molecule has 0 aliphatic rings. The summed E-state index contributed by atoms with van der Waals surface area (Å²) in [7, 11) is 1.75. The van der Waals surface area contributed by atoms with Gasteiger partial charge in [0.05, 0.1) is 12.5 Å². The summed E-state index contributed by atoms with van der Waals surface area (Å²) in [4.78, 5) is 27.9. The third-order valence-electron chi connectivity index (χ3n) is 3.13. The lowest BCUT2D eigenvalue weighted by molar-refractivity contribution is 0.0954. The van der Waals surface area contributed by atoms with E-state index in [0.29, 0.717) is 23.5 Å². The van der Waals surface area contributed by atoms with Crippen molar-refractivity contribution >= 4 is 17.5 Å². The number of benzene rings is 1. The number of nitrogens with zero attached hydrogens (tertiary/aromatic N) is 2. The largest absolute Gasteiger partial charge is 0.352 e. The normalized spacial score (nSPS) is 10.2. The van der Waals surface area contributed by atoms with E-state index in [2.05, 4.69) is 15.6 Å². The molecule has 0 aliphatic carbocycles. The minimum atomic E-state index is -0.258. The fourth-order valence-corrected chi connectivity index (χ4v) is 1.92. The van der Waals surface area contributed by atoms with Gasteiger partial charge in [-0.15, -0.1) is 0 Å². The summed E-state index contributed by atoms with van der Waals surface area (Å²) in [5.41, 5.74) is 2.48. The lowest BCUT2D eigenvalue weighted by Gasteiger charge is -2.10. The van der Waals surface area contributed by atoms with Crippen LogP contribution in [0.4, 0.5) is 5.69 Å². The van der Waals surface area contributed by atoms with Gasteiger partial charge in [0, 0.05) is 24.8 Å². The fraction of sp³-hybridized carbons (Fsp3) is 0.267. The third-order valence-corrected chi connectivity index (χ3v) is 3.13. The molecule has 2 N–H and O–H groups in total. The van der Waals surface area contributed by atoms with E-state index in [-0.39, 0.29) is 11.8 Å². The summed E-state index contributed by atoms with van der Waals surface area (Å²) < 4.78 is 1.64. The maximum atomic E-state index is 12.2. The van der Waals surface area contributed by atoms with Gasteiger partial charge in [0.25, 0.3) is 11.8 Å². The first-order chi connectivity index (χ1) is 10.0. The van der Waals surface area contributed by atoms with Crippen molar-refractivity contribution in [3.05, 3.63) is 47.5 Å². The highest BCUT2D eigenvalue weighted by molar-refractivity contribution is 6.04. The smallest absolute Gasteiger partial charge is 0.273 e. The lowest BCUT2D eigenvalue weighted by atomic mass is 10.1. The summed E-state index contributed by atoms with van der Waals surface area (Å²) in [6.45, 7) is 4.29. The van der Waals surface area contributed by atoms with E-state index in [1.165, 1.54) is 6.20 Å². The first-order valence-corrected chi connectivity index (χ1v) is 6.69. The molecular weight excluding hydrogens is 268 g/mol. The van der Waals surface area contributed by atoms with Gasteiger partial charge in [-0.1, -0.05) is 6.07 Å². The Bertz CT molecular complexity index is 676. The summed E-state index contributed by atoms with van der Waals surface area (Å²) >= 11 is 0. The molecule has 0 spiro atoms. The zero-order chi connectivity index (χ0) is 15.4. The molecule has 6 heteroatoms. The Balaban J connectivity index is 2.23. The molecule has 1 aromatic carbocycles. The minimum Gasteiger partial charge on any atom is -0.352 e. The van der Waals surface area contributed by atoms with Crippen molar-refractivity contribution in [1.82, 2.24) is 14.9 Å². The molecule has 110 valence electrons. The highest BCUT2D eigenvalue weighted by Crippen LogP contribution is 2.18. The van der Waals surface area contributed by atoms with Crippen LogP contribution in [-0.4, -0.2) is 27.9 Å². The number of aryl methyl sites for hydroxylation is 2. The fourth-order valence-electron chi connectivity index (χ4n) is 1.92. The van der Waals surface area contributed by atoms with E-state index < -0.39 is 0 Å². The zero-order valence-electron chi connectivity index (χ0n) is 12.3. The van der Waals surface area contributed by atoms with Crippen molar-refractivity contribution in [2.24, 2.45) is 7.05 Å². The van der Waals surface area contributed by atoms with Gasteiger partial charge in [-0.05, 0) is 31.5 Å². The van der Waals surface area contributed by atoms with Crippen molar-refractivity contribution in [3.63, 3.8) is 0 Å². The maximum absolute atomic E-state index is 12.2. The number of amides is 2. The molecule has 2 aromatic rings.